The van der Waals surface area contributed by atoms with Crippen LogP contribution in [0.3, 0.4) is 0 Å². The van der Waals surface area contributed by atoms with Crippen molar-refractivity contribution in [1.29, 1.82) is 0 Å². The van der Waals surface area contributed by atoms with Gasteiger partial charge >= 0.3 is 0 Å². The van der Waals surface area contributed by atoms with Gasteiger partial charge in [-0.1, -0.05) is 60.1 Å². The molecular weight excluding hydrogens is 458 g/mol. The van der Waals surface area contributed by atoms with E-state index in [4.69, 9.17) is 11.6 Å². The molecule has 0 aliphatic carbocycles. The number of carbonyl (C=O) groups is 1. The van der Waals surface area contributed by atoms with Gasteiger partial charge in [0.15, 0.2) is 0 Å². The van der Waals surface area contributed by atoms with E-state index in [1.54, 1.807) is 48.5 Å². The molecule has 0 radical (unpaired) electrons. The molecule has 33 heavy (non-hydrogen) atoms. The van der Waals surface area contributed by atoms with Crippen molar-refractivity contribution in [3.8, 4) is 11.3 Å². The van der Waals surface area contributed by atoms with Crippen molar-refractivity contribution in [3.63, 3.8) is 0 Å². The molecule has 1 amide bonds. The van der Waals surface area contributed by atoms with Gasteiger partial charge in [-0.2, -0.15) is 5.10 Å². The van der Waals surface area contributed by atoms with Gasteiger partial charge in [-0.3, -0.25) is 9.48 Å². The molecule has 0 spiro atoms. The molecule has 1 heterocycles. The Labute approximate surface area is 197 Å². The molecule has 0 unspecified atom stereocenters. The Balaban J connectivity index is 1.75. The van der Waals surface area contributed by atoms with Crippen molar-refractivity contribution in [3.05, 3.63) is 106 Å². The standard InChI is InChI=1S/C25H22ClN3O3S/c1-17-7-6-8-18(2)22(17)16-29-24(15-23(27-29)19-11-13-20(26)14-12-19)25(30)28-33(31,32)21-9-4-3-5-10-21/h3-15H,16H2,1-2H3,(H,28,30). The Hall–Kier alpha value is -3.42. The molecule has 0 saturated heterocycles. The highest BCUT2D eigenvalue weighted by Crippen LogP contribution is 2.24. The van der Waals surface area contributed by atoms with Gasteiger partial charge < -0.3 is 0 Å². The van der Waals surface area contributed by atoms with Gasteiger partial charge in [0.1, 0.15) is 5.69 Å². The number of aryl methyl sites for hydroxylation is 2. The van der Waals surface area contributed by atoms with Gasteiger partial charge in [0, 0.05) is 10.6 Å². The number of rotatable bonds is 6. The first-order chi connectivity index (χ1) is 15.7. The topological polar surface area (TPSA) is 81.1 Å². The molecule has 6 nitrogen and oxygen atoms in total. The molecule has 4 aromatic rings. The molecule has 0 bridgehead atoms. The van der Waals surface area contributed by atoms with Crippen molar-refractivity contribution >= 4 is 27.5 Å². The van der Waals surface area contributed by atoms with Gasteiger partial charge in [0.25, 0.3) is 15.9 Å². The molecule has 0 atom stereocenters. The number of halogens is 1. The maximum Gasteiger partial charge on any atom is 0.283 e. The number of nitrogens with zero attached hydrogens (tertiary/aromatic N) is 2. The van der Waals surface area contributed by atoms with E-state index >= 15 is 0 Å². The predicted molar refractivity (Wildman–Crippen MR) is 129 cm³/mol. The van der Waals surface area contributed by atoms with Crippen molar-refractivity contribution in [2.24, 2.45) is 0 Å². The summed E-state index contributed by atoms with van der Waals surface area (Å²) in [6.45, 7) is 4.30. The van der Waals surface area contributed by atoms with Crippen LogP contribution in [-0.4, -0.2) is 24.1 Å². The van der Waals surface area contributed by atoms with Crippen molar-refractivity contribution in [2.75, 3.05) is 0 Å². The third-order valence-corrected chi connectivity index (χ3v) is 6.98. The zero-order chi connectivity index (χ0) is 23.6. The van der Waals surface area contributed by atoms with Crippen LogP contribution in [0.4, 0.5) is 0 Å². The fourth-order valence-corrected chi connectivity index (χ4v) is 4.67. The molecule has 1 aromatic heterocycles. The number of hydrogen-bond donors (Lipinski definition) is 1. The van der Waals surface area contributed by atoms with Crippen LogP contribution >= 0.6 is 11.6 Å². The predicted octanol–water partition coefficient (Wildman–Crippen LogP) is 4.99. The highest BCUT2D eigenvalue weighted by molar-refractivity contribution is 7.90. The molecule has 8 heteroatoms. The lowest BCUT2D eigenvalue weighted by molar-refractivity contribution is 0.0971. The number of amides is 1. The fourth-order valence-electron chi connectivity index (χ4n) is 3.56. The Kier molecular flexibility index (Phi) is 6.35. The summed E-state index contributed by atoms with van der Waals surface area (Å²) in [7, 11) is -4.03. The van der Waals surface area contributed by atoms with E-state index in [2.05, 4.69) is 9.82 Å². The highest BCUT2D eigenvalue weighted by Gasteiger charge is 2.23. The molecule has 0 aliphatic rings. The van der Waals surface area contributed by atoms with Gasteiger partial charge in [-0.15, -0.1) is 0 Å². The van der Waals surface area contributed by atoms with Crippen molar-refractivity contribution < 1.29 is 13.2 Å². The maximum absolute atomic E-state index is 13.1. The summed E-state index contributed by atoms with van der Waals surface area (Å²) >= 11 is 6.00. The summed E-state index contributed by atoms with van der Waals surface area (Å²) in [6, 6.07) is 22.4. The monoisotopic (exact) mass is 479 g/mol. The van der Waals surface area contributed by atoms with Gasteiger partial charge in [0.05, 0.1) is 17.1 Å². The fraction of sp³-hybridized carbons (Fsp3) is 0.120. The average molecular weight is 480 g/mol. The third kappa shape index (κ3) is 4.99. The number of aromatic nitrogens is 2. The minimum Gasteiger partial charge on any atom is -0.266 e. The van der Waals surface area contributed by atoms with E-state index in [9.17, 15) is 13.2 Å². The largest absolute Gasteiger partial charge is 0.283 e. The molecule has 168 valence electrons. The summed E-state index contributed by atoms with van der Waals surface area (Å²) in [5.41, 5.74) is 4.58. The Morgan fingerprint density at radius 3 is 2.21 bits per heavy atom. The Morgan fingerprint density at radius 1 is 0.939 bits per heavy atom. The maximum atomic E-state index is 13.1. The summed E-state index contributed by atoms with van der Waals surface area (Å²) in [6.07, 6.45) is 0. The second-order valence-electron chi connectivity index (χ2n) is 7.70. The van der Waals surface area contributed by atoms with Gasteiger partial charge in [0.2, 0.25) is 0 Å². The van der Waals surface area contributed by atoms with Crippen LogP contribution in [0.1, 0.15) is 27.2 Å². The molecule has 4 rings (SSSR count). The third-order valence-electron chi connectivity index (χ3n) is 5.39. The normalized spacial score (nSPS) is 11.4. The van der Waals surface area contributed by atoms with E-state index in [-0.39, 0.29) is 10.6 Å². The van der Waals surface area contributed by atoms with Crippen LogP contribution in [0.2, 0.25) is 5.02 Å². The molecule has 0 aliphatic heterocycles. The zero-order valence-corrected chi connectivity index (χ0v) is 19.7. The number of hydrogen-bond acceptors (Lipinski definition) is 4. The summed E-state index contributed by atoms with van der Waals surface area (Å²) in [5.74, 6) is -0.752. The number of benzene rings is 3. The van der Waals surface area contributed by atoms with Crippen LogP contribution in [0.15, 0.2) is 83.8 Å². The molecule has 0 saturated carbocycles. The number of nitrogens with one attached hydrogen (secondary N) is 1. The first-order valence-electron chi connectivity index (χ1n) is 10.3. The first kappa shape index (κ1) is 22.8. The zero-order valence-electron chi connectivity index (χ0n) is 18.1. The van der Waals surface area contributed by atoms with E-state index in [1.807, 2.05) is 32.0 Å². The van der Waals surface area contributed by atoms with Crippen LogP contribution in [-0.2, 0) is 16.6 Å². The van der Waals surface area contributed by atoms with Gasteiger partial charge in [-0.25, -0.2) is 13.1 Å². The smallest absolute Gasteiger partial charge is 0.266 e. The van der Waals surface area contributed by atoms with E-state index in [0.29, 0.717) is 17.3 Å². The number of carbonyl (C=O) groups excluding carboxylic acids is 1. The number of sulfonamides is 1. The van der Waals surface area contributed by atoms with Crippen LogP contribution in [0.5, 0.6) is 0 Å². The molecule has 1 N–H and O–H groups in total. The average Bonchev–Trinajstić information content (AvgIpc) is 3.21. The molecule has 0 fully saturated rings. The van der Waals surface area contributed by atoms with Crippen molar-refractivity contribution in [1.82, 2.24) is 14.5 Å². The second-order valence-corrected chi connectivity index (χ2v) is 9.82. The quantitative estimate of drug-likeness (QED) is 0.422. The lowest BCUT2D eigenvalue weighted by atomic mass is 10.0. The SMILES string of the molecule is Cc1cccc(C)c1Cn1nc(-c2ccc(Cl)cc2)cc1C(=O)NS(=O)(=O)c1ccccc1. The van der Waals surface area contributed by atoms with Crippen LogP contribution in [0, 0.1) is 13.8 Å². The highest BCUT2D eigenvalue weighted by atomic mass is 35.5. The van der Waals surface area contributed by atoms with E-state index < -0.39 is 15.9 Å². The lowest BCUT2D eigenvalue weighted by Gasteiger charge is -2.13. The Morgan fingerprint density at radius 2 is 1.58 bits per heavy atom. The van der Waals surface area contributed by atoms with Crippen LogP contribution in [0.25, 0.3) is 11.3 Å². The van der Waals surface area contributed by atoms with Gasteiger partial charge in [-0.05, 0) is 60.9 Å². The Bertz CT molecular complexity index is 1390. The first-order valence-corrected chi connectivity index (χ1v) is 12.1. The molecular formula is C25H22ClN3O3S. The lowest BCUT2D eigenvalue weighted by Crippen LogP contribution is -2.32. The van der Waals surface area contributed by atoms with Crippen molar-refractivity contribution in [2.45, 2.75) is 25.3 Å². The summed E-state index contributed by atoms with van der Waals surface area (Å²) in [4.78, 5) is 13.2. The summed E-state index contributed by atoms with van der Waals surface area (Å²) in [5, 5.41) is 5.21. The minimum absolute atomic E-state index is 0.0112. The second kappa shape index (κ2) is 9.21. The van der Waals surface area contributed by atoms with E-state index in [1.165, 1.54) is 16.8 Å². The van der Waals surface area contributed by atoms with E-state index in [0.717, 1.165) is 22.3 Å². The molecule has 3 aromatic carbocycles. The summed E-state index contributed by atoms with van der Waals surface area (Å²) < 4.78 is 29.2. The van der Waals surface area contributed by atoms with Crippen LogP contribution < -0.4 is 4.72 Å². The minimum atomic E-state index is -4.03.